The Morgan fingerprint density at radius 1 is 0.966 bits per heavy atom. The molecule has 0 bridgehead atoms. The van der Waals surface area contributed by atoms with Crippen LogP contribution in [0.15, 0.2) is 70.7 Å². The lowest BCUT2D eigenvalue weighted by molar-refractivity contribution is 0.580. The quantitative estimate of drug-likeness (QED) is 0.157. The third-order valence-corrected chi connectivity index (χ3v) is 5.83. The molecular formula is C20H26IN5O2S. The van der Waals surface area contributed by atoms with Crippen molar-refractivity contribution in [1.29, 1.82) is 0 Å². The summed E-state index contributed by atoms with van der Waals surface area (Å²) in [4.78, 5) is 7.70. The van der Waals surface area contributed by atoms with Gasteiger partial charge in [-0.2, -0.15) is 0 Å². The first-order valence-corrected chi connectivity index (χ1v) is 10.6. The van der Waals surface area contributed by atoms with E-state index in [0.29, 0.717) is 12.5 Å². The van der Waals surface area contributed by atoms with Gasteiger partial charge in [0.1, 0.15) is 0 Å². The number of hydrogen-bond acceptors (Lipinski definition) is 3. The third kappa shape index (κ3) is 6.44. The van der Waals surface area contributed by atoms with E-state index in [1.54, 1.807) is 37.4 Å². The van der Waals surface area contributed by atoms with Crippen LogP contribution in [0.1, 0.15) is 5.56 Å². The average molecular weight is 527 g/mol. The van der Waals surface area contributed by atoms with Gasteiger partial charge < -0.3 is 15.6 Å². The van der Waals surface area contributed by atoms with Gasteiger partial charge in [-0.3, -0.25) is 4.99 Å². The van der Waals surface area contributed by atoms with Gasteiger partial charge >= 0.3 is 0 Å². The molecule has 156 valence electrons. The number of aromatic nitrogens is 1. The molecule has 0 aliphatic rings. The Bertz CT molecular complexity index is 1040. The van der Waals surface area contributed by atoms with Gasteiger partial charge in [0.25, 0.3) is 0 Å². The number of nitrogens with zero attached hydrogens (tertiary/aromatic N) is 1. The number of H-pyrrole nitrogens is 1. The Labute approximate surface area is 188 Å². The maximum absolute atomic E-state index is 12.2. The van der Waals surface area contributed by atoms with E-state index in [1.807, 2.05) is 18.3 Å². The fraction of sp³-hybridized carbons (Fsp3) is 0.250. The molecule has 4 N–H and O–H groups in total. The highest BCUT2D eigenvalue weighted by Crippen LogP contribution is 2.17. The van der Waals surface area contributed by atoms with Crippen molar-refractivity contribution in [1.82, 2.24) is 20.3 Å². The van der Waals surface area contributed by atoms with Crippen LogP contribution in [0.4, 0.5) is 0 Å². The molecule has 3 aromatic rings. The summed E-state index contributed by atoms with van der Waals surface area (Å²) in [5.74, 6) is 0.638. The minimum Gasteiger partial charge on any atom is -0.361 e. The Balaban J connectivity index is 0.00000300. The highest BCUT2D eigenvalue weighted by Gasteiger charge is 2.12. The molecule has 0 spiro atoms. The Morgan fingerprint density at radius 2 is 1.66 bits per heavy atom. The standard InChI is InChI=1S/C20H25N5O2S.HI/c1-21-20(22-12-11-16-15-24-19-10-6-5-9-18(16)19)23-13-14-25-28(26,27)17-7-3-2-4-8-17;/h2-10,15,24-25H,11-14H2,1H3,(H2,21,22,23);1H. The molecule has 7 nitrogen and oxygen atoms in total. The van der Waals surface area contributed by atoms with E-state index in [-0.39, 0.29) is 35.4 Å². The van der Waals surface area contributed by atoms with Crippen molar-refractivity contribution >= 4 is 50.9 Å². The SMILES string of the molecule is CN=C(NCCNS(=O)(=O)c1ccccc1)NCCc1c[nH]c2ccccc12.I. The zero-order chi connectivity index (χ0) is 19.8. The van der Waals surface area contributed by atoms with Crippen LogP contribution in [0.2, 0.25) is 0 Å². The van der Waals surface area contributed by atoms with Crippen molar-refractivity contribution in [3.63, 3.8) is 0 Å². The number of fused-ring (bicyclic) bond motifs is 1. The van der Waals surface area contributed by atoms with Crippen molar-refractivity contribution in [2.45, 2.75) is 11.3 Å². The molecule has 0 amide bonds. The maximum atomic E-state index is 12.2. The van der Waals surface area contributed by atoms with E-state index >= 15 is 0 Å². The third-order valence-electron chi connectivity index (χ3n) is 4.35. The fourth-order valence-electron chi connectivity index (χ4n) is 2.92. The molecule has 0 unspecified atom stereocenters. The van der Waals surface area contributed by atoms with Crippen molar-refractivity contribution in [2.75, 3.05) is 26.7 Å². The smallest absolute Gasteiger partial charge is 0.240 e. The van der Waals surface area contributed by atoms with E-state index in [9.17, 15) is 8.42 Å². The first-order valence-electron chi connectivity index (χ1n) is 9.14. The number of aromatic amines is 1. The molecule has 0 aliphatic carbocycles. The molecule has 3 rings (SSSR count). The van der Waals surface area contributed by atoms with Crippen molar-refractivity contribution in [3.05, 3.63) is 66.4 Å². The van der Waals surface area contributed by atoms with Crippen LogP contribution in [0.3, 0.4) is 0 Å². The molecule has 0 atom stereocenters. The van der Waals surface area contributed by atoms with Crippen LogP contribution in [0.5, 0.6) is 0 Å². The lowest BCUT2D eigenvalue weighted by Crippen LogP contribution is -2.42. The molecule has 2 aromatic carbocycles. The lowest BCUT2D eigenvalue weighted by Gasteiger charge is -2.12. The van der Waals surface area contributed by atoms with Crippen LogP contribution < -0.4 is 15.4 Å². The number of nitrogens with one attached hydrogen (secondary N) is 4. The van der Waals surface area contributed by atoms with Gasteiger partial charge in [-0.05, 0) is 30.2 Å². The largest absolute Gasteiger partial charge is 0.361 e. The van der Waals surface area contributed by atoms with Crippen molar-refractivity contribution in [3.8, 4) is 0 Å². The summed E-state index contributed by atoms with van der Waals surface area (Å²) in [6, 6.07) is 16.5. The lowest BCUT2D eigenvalue weighted by atomic mass is 10.1. The van der Waals surface area contributed by atoms with Gasteiger partial charge in [-0.1, -0.05) is 36.4 Å². The number of sulfonamides is 1. The van der Waals surface area contributed by atoms with E-state index in [2.05, 4.69) is 37.5 Å². The number of halogens is 1. The fourth-order valence-corrected chi connectivity index (χ4v) is 3.98. The minimum absolute atomic E-state index is 0. The van der Waals surface area contributed by atoms with E-state index in [1.165, 1.54) is 10.9 Å². The van der Waals surface area contributed by atoms with Gasteiger partial charge in [0.2, 0.25) is 10.0 Å². The van der Waals surface area contributed by atoms with Crippen LogP contribution in [0, 0.1) is 0 Å². The number of benzene rings is 2. The Kier molecular flexibility index (Phi) is 8.93. The summed E-state index contributed by atoms with van der Waals surface area (Å²) in [6.45, 7) is 1.41. The summed E-state index contributed by atoms with van der Waals surface area (Å²) in [5, 5.41) is 7.59. The first-order chi connectivity index (χ1) is 13.6. The second kappa shape index (κ2) is 11.2. The minimum atomic E-state index is -3.49. The number of rotatable bonds is 8. The van der Waals surface area contributed by atoms with Gasteiger partial charge in [0, 0.05) is 43.8 Å². The Morgan fingerprint density at radius 3 is 2.41 bits per heavy atom. The molecule has 0 radical (unpaired) electrons. The van der Waals surface area contributed by atoms with Gasteiger partial charge in [0.15, 0.2) is 5.96 Å². The van der Waals surface area contributed by atoms with Crippen LogP contribution in [-0.2, 0) is 16.4 Å². The molecule has 0 fully saturated rings. The summed E-state index contributed by atoms with van der Waals surface area (Å²) in [6.07, 6.45) is 2.88. The summed E-state index contributed by atoms with van der Waals surface area (Å²) < 4.78 is 26.9. The molecule has 0 aliphatic heterocycles. The second-order valence-electron chi connectivity index (χ2n) is 6.25. The molecule has 1 aromatic heterocycles. The summed E-state index contributed by atoms with van der Waals surface area (Å²) >= 11 is 0. The Hall–Kier alpha value is -2.11. The number of guanidine groups is 1. The van der Waals surface area contributed by atoms with Crippen LogP contribution >= 0.6 is 24.0 Å². The predicted molar refractivity (Wildman–Crippen MR) is 128 cm³/mol. The monoisotopic (exact) mass is 527 g/mol. The second-order valence-corrected chi connectivity index (χ2v) is 8.01. The normalized spacial score (nSPS) is 11.8. The first kappa shape index (κ1) is 23.2. The molecule has 29 heavy (non-hydrogen) atoms. The number of para-hydroxylation sites is 1. The maximum Gasteiger partial charge on any atom is 0.240 e. The molecule has 0 saturated heterocycles. The number of hydrogen-bond donors (Lipinski definition) is 4. The van der Waals surface area contributed by atoms with E-state index < -0.39 is 10.0 Å². The van der Waals surface area contributed by atoms with Gasteiger partial charge in [0.05, 0.1) is 4.90 Å². The highest BCUT2D eigenvalue weighted by molar-refractivity contribution is 14.0. The predicted octanol–water partition coefficient (Wildman–Crippen LogP) is 2.47. The zero-order valence-corrected chi connectivity index (χ0v) is 19.3. The van der Waals surface area contributed by atoms with Crippen LogP contribution in [0.25, 0.3) is 10.9 Å². The van der Waals surface area contributed by atoms with Gasteiger partial charge in [-0.25, -0.2) is 13.1 Å². The summed E-state index contributed by atoms with van der Waals surface area (Å²) in [5.41, 5.74) is 2.37. The highest BCUT2D eigenvalue weighted by atomic mass is 127. The van der Waals surface area contributed by atoms with E-state index in [0.717, 1.165) is 18.5 Å². The topological polar surface area (TPSA) is 98.4 Å². The average Bonchev–Trinajstić information content (AvgIpc) is 3.13. The molecule has 1 heterocycles. The van der Waals surface area contributed by atoms with Crippen molar-refractivity contribution < 1.29 is 8.42 Å². The van der Waals surface area contributed by atoms with Gasteiger partial charge in [-0.15, -0.1) is 24.0 Å². The number of aliphatic imine (C=N–C) groups is 1. The molecular weight excluding hydrogens is 501 g/mol. The molecule has 0 saturated carbocycles. The summed E-state index contributed by atoms with van der Waals surface area (Å²) in [7, 11) is -1.80. The van der Waals surface area contributed by atoms with E-state index in [4.69, 9.17) is 0 Å². The molecule has 9 heteroatoms. The zero-order valence-electron chi connectivity index (χ0n) is 16.2. The van der Waals surface area contributed by atoms with Crippen LogP contribution in [-0.4, -0.2) is 46.0 Å². The van der Waals surface area contributed by atoms with Crippen molar-refractivity contribution in [2.24, 2.45) is 4.99 Å².